The number of aryl methyl sites for hydroxylation is 1. The molecule has 1 saturated heterocycles. The molecule has 3 aliphatic rings. The summed E-state index contributed by atoms with van der Waals surface area (Å²) in [5.74, 6) is 0. The van der Waals surface area contributed by atoms with Gasteiger partial charge < -0.3 is 4.90 Å². The number of piperidine rings is 1. The number of para-hydroxylation sites is 1. The van der Waals surface area contributed by atoms with Crippen LogP contribution in [0.1, 0.15) is 48.8 Å². The Kier molecular flexibility index (Phi) is 5.63. The molecule has 0 atom stereocenters. The van der Waals surface area contributed by atoms with E-state index < -0.39 is 0 Å². The van der Waals surface area contributed by atoms with Crippen molar-refractivity contribution in [3.63, 3.8) is 0 Å². The number of fused-ring (bicyclic) bond motifs is 5. The third-order valence-electron chi connectivity index (χ3n) is 7.27. The number of halogens is 1. The Hall–Kier alpha value is -2.51. The molecule has 0 saturated carbocycles. The van der Waals surface area contributed by atoms with Crippen LogP contribution in [0, 0.1) is 0 Å². The maximum absolute atomic E-state index is 2.63. The Labute approximate surface area is 191 Å². The second-order valence-corrected chi connectivity index (χ2v) is 9.02. The molecule has 0 radical (unpaired) electrons. The van der Waals surface area contributed by atoms with Crippen molar-refractivity contribution in [2.75, 3.05) is 18.0 Å². The van der Waals surface area contributed by atoms with Crippen LogP contribution >= 0.6 is 12.4 Å². The lowest BCUT2D eigenvalue weighted by Gasteiger charge is -2.32. The van der Waals surface area contributed by atoms with Crippen LogP contribution in [0.25, 0.3) is 22.8 Å². The molecule has 0 N–H and O–H groups in total. The number of benzene rings is 3. The van der Waals surface area contributed by atoms with Crippen LogP contribution in [0.5, 0.6) is 0 Å². The molecule has 2 heteroatoms. The first kappa shape index (κ1) is 20.4. The Morgan fingerprint density at radius 1 is 0.613 bits per heavy atom. The molecule has 1 fully saturated rings. The normalized spacial score (nSPS) is 17.0. The van der Waals surface area contributed by atoms with Gasteiger partial charge in [-0.2, -0.15) is 0 Å². The fraction of sp³-hybridized carbons (Fsp3) is 0.310. The second kappa shape index (κ2) is 8.55. The lowest BCUT2D eigenvalue weighted by Crippen LogP contribution is -2.37. The minimum Gasteiger partial charge on any atom is -0.371 e. The van der Waals surface area contributed by atoms with Crippen LogP contribution in [0.15, 0.2) is 60.7 Å². The van der Waals surface area contributed by atoms with E-state index in [-0.39, 0.29) is 12.4 Å². The first-order valence-corrected chi connectivity index (χ1v) is 11.7. The Bertz CT molecular complexity index is 1230. The van der Waals surface area contributed by atoms with E-state index in [0.29, 0.717) is 0 Å². The minimum absolute atomic E-state index is 0. The van der Waals surface area contributed by atoms with Gasteiger partial charge in [-0.05, 0) is 89.3 Å². The molecule has 1 nitrogen and oxygen atoms in total. The number of hydrogen-bond donors (Lipinski definition) is 0. The molecule has 0 aromatic heterocycles. The Morgan fingerprint density at radius 2 is 1.39 bits per heavy atom. The summed E-state index contributed by atoms with van der Waals surface area (Å²) in [5, 5.41) is 3.02. The SMILES string of the molecule is C1=c2c(ccc3c2=C(c2ccccc2N2CCCCC2)CCC3)-c2ccccc2C1.Cl. The maximum atomic E-state index is 2.63. The number of anilines is 1. The summed E-state index contributed by atoms with van der Waals surface area (Å²) in [6.07, 6.45) is 11.2. The Morgan fingerprint density at radius 3 is 2.26 bits per heavy atom. The van der Waals surface area contributed by atoms with E-state index in [1.165, 1.54) is 90.0 Å². The van der Waals surface area contributed by atoms with Gasteiger partial charge in [0.15, 0.2) is 0 Å². The van der Waals surface area contributed by atoms with Crippen molar-refractivity contribution in [3.05, 3.63) is 87.8 Å². The van der Waals surface area contributed by atoms with Crippen LogP contribution in [0.4, 0.5) is 5.69 Å². The van der Waals surface area contributed by atoms with Gasteiger partial charge in [-0.15, -0.1) is 12.4 Å². The van der Waals surface area contributed by atoms with Gasteiger partial charge >= 0.3 is 0 Å². The molecule has 1 heterocycles. The van der Waals surface area contributed by atoms with Gasteiger partial charge in [0.05, 0.1) is 0 Å². The summed E-state index contributed by atoms with van der Waals surface area (Å²) in [7, 11) is 0. The highest BCUT2D eigenvalue weighted by molar-refractivity contribution is 5.85. The third kappa shape index (κ3) is 3.49. The van der Waals surface area contributed by atoms with E-state index in [4.69, 9.17) is 0 Å². The molecule has 3 aromatic rings. The topological polar surface area (TPSA) is 3.24 Å². The molecular weight excluding hydrogens is 398 g/mol. The monoisotopic (exact) mass is 427 g/mol. The van der Waals surface area contributed by atoms with Crippen LogP contribution in [-0.2, 0) is 12.8 Å². The molecule has 158 valence electrons. The quantitative estimate of drug-likeness (QED) is 0.511. The van der Waals surface area contributed by atoms with Crippen molar-refractivity contribution in [1.29, 1.82) is 0 Å². The number of nitrogens with zero attached hydrogens (tertiary/aromatic N) is 1. The van der Waals surface area contributed by atoms with Gasteiger partial charge in [0, 0.05) is 24.3 Å². The average Bonchev–Trinajstić information content (AvgIpc) is 2.84. The Balaban J connectivity index is 0.00000204. The highest BCUT2D eigenvalue weighted by Gasteiger charge is 2.21. The molecule has 2 aliphatic carbocycles. The summed E-state index contributed by atoms with van der Waals surface area (Å²) in [5.41, 5.74) is 10.3. The van der Waals surface area contributed by atoms with Gasteiger partial charge in [0.25, 0.3) is 0 Å². The molecule has 0 amide bonds. The molecule has 31 heavy (non-hydrogen) atoms. The zero-order valence-electron chi connectivity index (χ0n) is 18.1. The lowest BCUT2D eigenvalue weighted by molar-refractivity contribution is 0.577. The molecule has 0 unspecified atom stereocenters. The summed E-state index contributed by atoms with van der Waals surface area (Å²) in [6, 6.07) is 22.9. The standard InChI is InChI=1S/C29H29N.ClH/c1-6-19-30(20-7-1)28-14-5-4-12-25(28)26-13-8-10-22-16-17-24-23-11-3-2-9-21(23)15-18-27(24)29(22)26;/h2-5,9,11-12,14,16-18H,1,6-8,10,13,15,19-20H2;1H. The van der Waals surface area contributed by atoms with Gasteiger partial charge in [0.2, 0.25) is 0 Å². The van der Waals surface area contributed by atoms with E-state index >= 15 is 0 Å². The summed E-state index contributed by atoms with van der Waals surface area (Å²) >= 11 is 0. The van der Waals surface area contributed by atoms with Crippen molar-refractivity contribution in [3.8, 4) is 11.1 Å². The van der Waals surface area contributed by atoms with Crippen LogP contribution in [0.3, 0.4) is 0 Å². The first-order valence-electron chi connectivity index (χ1n) is 11.7. The van der Waals surface area contributed by atoms with Crippen LogP contribution in [-0.4, -0.2) is 13.1 Å². The predicted octanol–water partition coefficient (Wildman–Crippen LogP) is 5.64. The van der Waals surface area contributed by atoms with Crippen LogP contribution in [0.2, 0.25) is 0 Å². The smallest absolute Gasteiger partial charge is 0.0442 e. The number of rotatable bonds is 2. The van der Waals surface area contributed by atoms with Gasteiger partial charge in [-0.1, -0.05) is 60.7 Å². The molecular formula is C29H30ClN. The zero-order valence-corrected chi connectivity index (χ0v) is 18.9. The largest absolute Gasteiger partial charge is 0.371 e. The zero-order chi connectivity index (χ0) is 19.9. The molecule has 0 spiro atoms. The lowest BCUT2D eigenvalue weighted by atomic mass is 9.82. The van der Waals surface area contributed by atoms with E-state index in [2.05, 4.69) is 71.6 Å². The van der Waals surface area contributed by atoms with E-state index in [1.807, 2.05) is 0 Å². The van der Waals surface area contributed by atoms with Crippen LogP contribution < -0.4 is 15.3 Å². The van der Waals surface area contributed by atoms with Crippen molar-refractivity contribution in [2.24, 2.45) is 0 Å². The van der Waals surface area contributed by atoms with Gasteiger partial charge in [-0.3, -0.25) is 0 Å². The molecule has 6 rings (SSSR count). The fourth-order valence-corrected chi connectivity index (χ4v) is 5.84. The van der Waals surface area contributed by atoms with Gasteiger partial charge in [0.1, 0.15) is 0 Å². The van der Waals surface area contributed by atoms with Crippen molar-refractivity contribution in [1.82, 2.24) is 0 Å². The maximum Gasteiger partial charge on any atom is 0.0442 e. The second-order valence-electron chi connectivity index (χ2n) is 9.02. The predicted molar refractivity (Wildman–Crippen MR) is 134 cm³/mol. The first-order chi connectivity index (χ1) is 14.9. The average molecular weight is 428 g/mol. The summed E-state index contributed by atoms with van der Waals surface area (Å²) in [6.45, 7) is 2.40. The highest BCUT2D eigenvalue weighted by Crippen LogP contribution is 2.33. The fourth-order valence-electron chi connectivity index (χ4n) is 5.84. The minimum atomic E-state index is 0. The molecule has 3 aromatic carbocycles. The summed E-state index contributed by atoms with van der Waals surface area (Å²) < 4.78 is 0. The van der Waals surface area contributed by atoms with E-state index in [1.54, 1.807) is 11.1 Å². The summed E-state index contributed by atoms with van der Waals surface area (Å²) in [4.78, 5) is 2.63. The highest BCUT2D eigenvalue weighted by atomic mass is 35.5. The van der Waals surface area contributed by atoms with E-state index in [0.717, 1.165) is 6.42 Å². The molecule has 1 aliphatic heterocycles. The van der Waals surface area contributed by atoms with Crippen molar-refractivity contribution < 1.29 is 0 Å². The van der Waals surface area contributed by atoms with Gasteiger partial charge in [-0.25, -0.2) is 0 Å². The van der Waals surface area contributed by atoms with E-state index in [9.17, 15) is 0 Å². The number of hydrogen-bond acceptors (Lipinski definition) is 1. The third-order valence-corrected chi connectivity index (χ3v) is 7.27. The van der Waals surface area contributed by atoms with Crippen molar-refractivity contribution in [2.45, 2.75) is 44.9 Å². The molecule has 0 bridgehead atoms. The van der Waals surface area contributed by atoms with Crippen molar-refractivity contribution >= 4 is 29.7 Å².